The van der Waals surface area contributed by atoms with Crippen molar-refractivity contribution in [3.63, 3.8) is 0 Å². The maximum Gasteiger partial charge on any atom is 0.240 e. The van der Waals surface area contributed by atoms with Gasteiger partial charge in [0.05, 0.1) is 10.6 Å². The molecular formula is C19H25N3O4S. The van der Waals surface area contributed by atoms with Crippen LogP contribution < -0.4 is 4.72 Å². The lowest BCUT2D eigenvalue weighted by Crippen LogP contribution is -2.46. The number of aromatic nitrogens is 1. The predicted octanol–water partition coefficient (Wildman–Crippen LogP) is 2.19. The predicted molar refractivity (Wildman–Crippen MR) is 101 cm³/mol. The van der Waals surface area contributed by atoms with Crippen LogP contribution >= 0.6 is 0 Å². The summed E-state index contributed by atoms with van der Waals surface area (Å²) >= 11 is 0. The second-order valence-electron chi connectivity index (χ2n) is 6.89. The van der Waals surface area contributed by atoms with Gasteiger partial charge in [-0.3, -0.25) is 4.79 Å². The Balaban J connectivity index is 1.49. The molecule has 1 saturated heterocycles. The van der Waals surface area contributed by atoms with Crippen molar-refractivity contribution < 1.29 is 17.7 Å². The molecule has 2 heterocycles. The molecule has 1 aromatic carbocycles. The van der Waals surface area contributed by atoms with E-state index in [1.807, 2.05) is 18.7 Å². The molecule has 0 atom stereocenters. The first-order valence-corrected chi connectivity index (χ1v) is 10.6. The smallest absolute Gasteiger partial charge is 0.240 e. The molecule has 1 aliphatic heterocycles. The minimum atomic E-state index is -3.52. The van der Waals surface area contributed by atoms with E-state index < -0.39 is 10.0 Å². The van der Waals surface area contributed by atoms with Gasteiger partial charge < -0.3 is 9.42 Å². The van der Waals surface area contributed by atoms with Gasteiger partial charge in [0.1, 0.15) is 5.76 Å². The number of aryl methyl sites for hydroxylation is 2. The van der Waals surface area contributed by atoms with Crippen LogP contribution in [0.5, 0.6) is 0 Å². The minimum absolute atomic E-state index is 0.0827. The standard InChI is InChI=1S/C19H25N3O4S/c1-14-18(15(2)26-20-14)8-9-19(23)22-12-10-16(11-13-22)21-27(24,25)17-6-4-3-5-7-17/h3-7,16,21H,8-13H2,1-2H3. The molecule has 2 aromatic rings. The van der Waals surface area contributed by atoms with Crippen LogP contribution in [-0.4, -0.2) is 43.5 Å². The first-order chi connectivity index (χ1) is 12.9. The van der Waals surface area contributed by atoms with E-state index >= 15 is 0 Å². The highest BCUT2D eigenvalue weighted by Crippen LogP contribution is 2.18. The quantitative estimate of drug-likeness (QED) is 0.815. The Hall–Kier alpha value is -2.19. The lowest BCUT2D eigenvalue weighted by molar-refractivity contribution is -0.132. The zero-order chi connectivity index (χ0) is 19.4. The first kappa shape index (κ1) is 19.6. The summed E-state index contributed by atoms with van der Waals surface area (Å²) in [5, 5.41) is 3.91. The molecule has 0 radical (unpaired) electrons. The Bertz CT molecular complexity index is 865. The number of hydrogen-bond donors (Lipinski definition) is 1. The first-order valence-electron chi connectivity index (χ1n) is 9.14. The van der Waals surface area contributed by atoms with Crippen molar-refractivity contribution in [2.24, 2.45) is 0 Å². The number of nitrogens with zero attached hydrogens (tertiary/aromatic N) is 2. The van der Waals surface area contributed by atoms with Crippen LogP contribution in [0.3, 0.4) is 0 Å². The molecule has 0 spiro atoms. The maximum absolute atomic E-state index is 12.5. The topological polar surface area (TPSA) is 92.5 Å². The fourth-order valence-electron chi connectivity index (χ4n) is 3.38. The van der Waals surface area contributed by atoms with Crippen molar-refractivity contribution in [1.29, 1.82) is 0 Å². The number of amides is 1. The van der Waals surface area contributed by atoms with Gasteiger partial charge in [-0.05, 0) is 45.2 Å². The Morgan fingerprint density at radius 1 is 1.22 bits per heavy atom. The average molecular weight is 391 g/mol. The highest BCUT2D eigenvalue weighted by atomic mass is 32.2. The summed E-state index contributed by atoms with van der Waals surface area (Å²) < 4.78 is 32.7. The van der Waals surface area contributed by atoms with E-state index in [9.17, 15) is 13.2 Å². The van der Waals surface area contributed by atoms with Crippen LogP contribution in [0.1, 0.15) is 36.3 Å². The van der Waals surface area contributed by atoms with Gasteiger partial charge in [-0.1, -0.05) is 23.4 Å². The largest absolute Gasteiger partial charge is 0.361 e. The highest BCUT2D eigenvalue weighted by molar-refractivity contribution is 7.89. The van der Waals surface area contributed by atoms with Gasteiger partial charge in [-0.15, -0.1) is 0 Å². The van der Waals surface area contributed by atoms with E-state index in [2.05, 4.69) is 9.88 Å². The number of nitrogens with one attached hydrogen (secondary N) is 1. The van der Waals surface area contributed by atoms with E-state index in [0.717, 1.165) is 17.0 Å². The number of hydrogen-bond acceptors (Lipinski definition) is 5. The third-order valence-corrected chi connectivity index (χ3v) is 6.53. The second kappa shape index (κ2) is 8.22. The summed E-state index contributed by atoms with van der Waals surface area (Å²) in [5.74, 6) is 0.841. The average Bonchev–Trinajstić information content (AvgIpc) is 2.98. The Kier molecular flexibility index (Phi) is 5.96. The van der Waals surface area contributed by atoms with Gasteiger partial charge in [-0.2, -0.15) is 0 Å². The molecule has 1 N–H and O–H groups in total. The van der Waals surface area contributed by atoms with Crippen LogP contribution in [0, 0.1) is 13.8 Å². The van der Waals surface area contributed by atoms with E-state index in [-0.39, 0.29) is 16.8 Å². The summed E-state index contributed by atoms with van der Waals surface area (Å²) in [6, 6.07) is 8.20. The van der Waals surface area contributed by atoms with Crippen molar-refractivity contribution in [2.45, 2.75) is 50.5 Å². The molecular weight excluding hydrogens is 366 g/mol. The van der Waals surface area contributed by atoms with E-state index in [1.54, 1.807) is 30.3 Å². The summed E-state index contributed by atoms with van der Waals surface area (Å²) in [6.45, 7) is 4.84. The van der Waals surface area contributed by atoms with Crippen LogP contribution in [-0.2, 0) is 21.2 Å². The lowest BCUT2D eigenvalue weighted by atomic mass is 10.0. The van der Waals surface area contributed by atoms with Gasteiger partial charge >= 0.3 is 0 Å². The maximum atomic E-state index is 12.5. The van der Waals surface area contributed by atoms with E-state index in [1.165, 1.54) is 0 Å². The third-order valence-electron chi connectivity index (χ3n) is 4.99. The van der Waals surface area contributed by atoms with Crippen LogP contribution in [0.15, 0.2) is 39.8 Å². The number of carbonyl (C=O) groups excluding carboxylic acids is 1. The molecule has 1 aliphatic rings. The van der Waals surface area contributed by atoms with Gasteiger partial charge in [0.2, 0.25) is 15.9 Å². The summed E-state index contributed by atoms with van der Waals surface area (Å²) in [5.41, 5.74) is 1.82. The normalized spacial score (nSPS) is 15.9. The number of likely N-dealkylation sites (tertiary alicyclic amines) is 1. The highest BCUT2D eigenvalue weighted by Gasteiger charge is 2.26. The number of carbonyl (C=O) groups is 1. The van der Waals surface area contributed by atoms with E-state index in [0.29, 0.717) is 38.8 Å². The molecule has 0 saturated carbocycles. The number of piperidine rings is 1. The Labute approximate surface area is 159 Å². The van der Waals surface area contributed by atoms with Crippen molar-refractivity contribution in [2.75, 3.05) is 13.1 Å². The van der Waals surface area contributed by atoms with Gasteiger partial charge in [0.15, 0.2) is 0 Å². The molecule has 0 bridgehead atoms. The second-order valence-corrected chi connectivity index (χ2v) is 8.61. The molecule has 0 unspecified atom stereocenters. The molecule has 1 amide bonds. The Morgan fingerprint density at radius 3 is 2.48 bits per heavy atom. The molecule has 1 aromatic heterocycles. The van der Waals surface area contributed by atoms with Crippen molar-refractivity contribution in [3.8, 4) is 0 Å². The van der Waals surface area contributed by atoms with Crippen LogP contribution in [0.4, 0.5) is 0 Å². The number of rotatable bonds is 6. The molecule has 8 heteroatoms. The molecule has 0 aliphatic carbocycles. The molecule has 27 heavy (non-hydrogen) atoms. The summed E-state index contributed by atoms with van der Waals surface area (Å²) in [6.07, 6.45) is 2.25. The van der Waals surface area contributed by atoms with Gasteiger partial charge in [0, 0.05) is 31.1 Å². The number of sulfonamides is 1. The van der Waals surface area contributed by atoms with Gasteiger partial charge in [-0.25, -0.2) is 13.1 Å². The third kappa shape index (κ3) is 4.75. The lowest BCUT2D eigenvalue weighted by Gasteiger charge is -2.32. The fourth-order valence-corrected chi connectivity index (χ4v) is 4.71. The van der Waals surface area contributed by atoms with E-state index in [4.69, 9.17) is 4.52 Å². The minimum Gasteiger partial charge on any atom is -0.361 e. The zero-order valence-electron chi connectivity index (χ0n) is 15.6. The molecule has 3 rings (SSSR count). The monoisotopic (exact) mass is 391 g/mol. The Morgan fingerprint density at radius 2 is 1.89 bits per heavy atom. The zero-order valence-corrected chi connectivity index (χ0v) is 16.5. The van der Waals surface area contributed by atoms with Crippen LogP contribution in [0.25, 0.3) is 0 Å². The molecule has 7 nitrogen and oxygen atoms in total. The van der Waals surface area contributed by atoms with Crippen molar-refractivity contribution in [1.82, 2.24) is 14.8 Å². The summed E-state index contributed by atoms with van der Waals surface area (Å²) in [7, 11) is -3.52. The SMILES string of the molecule is Cc1noc(C)c1CCC(=O)N1CCC(NS(=O)(=O)c2ccccc2)CC1. The fraction of sp³-hybridized carbons (Fsp3) is 0.474. The summed E-state index contributed by atoms with van der Waals surface area (Å²) in [4.78, 5) is 14.5. The molecule has 146 valence electrons. The van der Waals surface area contributed by atoms with Crippen molar-refractivity contribution in [3.05, 3.63) is 47.3 Å². The van der Waals surface area contributed by atoms with Crippen LogP contribution in [0.2, 0.25) is 0 Å². The van der Waals surface area contributed by atoms with Gasteiger partial charge in [0.25, 0.3) is 0 Å². The molecule has 1 fully saturated rings. The number of benzene rings is 1. The van der Waals surface area contributed by atoms with Crippen molar-refractivity contribution >= 4 is 15.9 Å².